The third kappa shape index (κ3) is 2.40. The van der Waals surface area contributed by atoms with E-state index in [2.05, 4.69) is 10.2 Å². The summed E-state index contributed by atoms with van der Waals surface area (Å²) in [6, 6.07) is 9.28. The number of para-hydroxylation sites is 1. The lowest BCUT2D eigenvalue weighted by Crippen LogP contribution is -2.13. The third-order valence-electron chi connectivity index (χ3n) is 3.18. The molecule has 6 nitrogen and oxygen atoms in total. The Hall–Kier alpha value is -2.63. The molecule has 0 spiro atoms. The molecule has 3 aromatic rings. The molecule has 0 saturated heterocycles. The standard InChI is InChI=1S/C14H15N5O/c15-14-6-9-18(17-14)7-3-8-19-12-5-2-1-4-11(12)13(20)10-16-19/h1-2,4-6,9-10H,3,7-8H2,(H2,15,17). The van der Waals surface area contributed by atoms with Crippen molar-refractivity contribution >= 4 is 16.7 Å². The van der Waals surface area contributed by atoms with Gasteiger partial charge in [0.25, 0.3) is 0 Å². The van der Waals surface area contributed by atoms with Gasteiger partial charge in [-0.3, -0.25) is 14.2 Å². The summed E-state index contributed by atoms with van der Waals surface area (Å²) in [6.45, 7) is 1.49. The lowest BCUT2D eigenvalue weighted by atomic mass is 10.2. The fourth-order valence-electron chi connectivity index (χ4n) is 2.22. The highest BCUT2D eigenvalue weighted by atomic mass is 16.1. The number of nitrogens with two attached hydrogens (primary N) is 1. The minimum Gasteiger partial charge on any atom is -0.382 e. The summed E-state index contributed by atoms with van der Waals surface area (Å²) < 4.78 is 3.66. The molecule has 2 aromatic heterocycles. The van der Waals surface area contributed by atoms with Gasteiger partial charge in [0.2, 0.25) is 5.43 Å². The molecule has 0 aliphatic heterocycles. The number of hydrogen-bond donors (Lipinski definition) is 1. The number of nitrogens with zero attached hydrogens (tertiary/aromatic N) is 4. The summed E-state index contributed by atoms with van der Waals surface area (Å²) in [5.74, 6) is 0.525. The van der Waals surface area contributed by atoms with Crippen LogP contribution in [0.25, 0.3) is 10.9 Å². The van der Waals surface area contributed by atoms with Crippen LogP contribution in [0.3, 0.4) is 0 Å². The van der Waals surface area contributed by atoms with Crippen LogP contribution in [0, 0.1) is 0 Å². The monoisotopic (exact) mass is 269 g/mol. The number of hydrogen-bond acceptors (Lipinski definition) is 4. The second-order valence-electron chi connectivity index (χ2n) is 4.61. The maximum Gasteiger partial charge on any atom is 0.207 e. The number of aryl methyl sites for hydroxylation is 2. The second kappa shape index (κ2) is 5.16. The Bertz CT molecular complexity index is 789. The van der Waals surface area contributed by atoms with E-state index in [0.717, 1.165) is 25.0 Å². The van der Waals surface area contributed by atoms with Crippen LogP contribution in [0.2, 0.25) is 0 Å². The molecule has 0 aliphatic carbocycles. The van der Waals surface area contributed by atoms with Crippen LogP contribution in [0.1, 0.15) is 6.42 Å². The van der Waals surface area contributed by atoms with E-state index in [-0.39, 0.29) is 5.43 Å². The van der Waals surface area contributed by atoms with Gasteiger partial charge in [0.05, 0.1) is 11.7 Å². The van der Waals surface area contributed by atoms with Crippen LogP contribution in [-0.4, -0.2) is 19.6 Å². The van der Waals surface area contributed by atoms with Gasteiger partial charge in [-0.15, -0.1) is 0 Å². The van der Waals surface area contributed by atoms with Gasteiger partial charge in [0.15, 0.2) is 0 Å². The second-order valence-corrected chi connectivity index (χ2v) is 4.61. The molecule has 6 heteroatoms. The molecular weight excluding hydrogens is 254 g/mol. The van der Waals surface area contributed by atoms with Crippen LogP contribution in [0.5, 0.6) is 0 Å². The van der Waals surface area contributed by atoms with Crippen LogP contribution in [0.15, 0.2) is 47.5 Å². The predicted molar refractivity (Wildman–Crippen MR) is 77.3 cm³/mol. The van der Waals surface area contributed by atoms with Crippen molar-refractivity contribution in [2.75, 3.05) is 5.73 Å². The van der Waals surface area contributed by atoms with Crippen molar-refractivity contribution in [2.45, 2.75) is 19.5 Å². The molecule has 2 N–H and O–H groups in total. The SMILES string of the molecule is Nc1ccn(CCCn2ncc(=O)c3ccccc32)n1. The summed E-state index contributed by atoms with van der Waals surface area (Å²) in [4.78, 5) is 11.7. The Morgan fingerprint density at radius 3 is 2.80 bits per heavy atom. The molecule has 3 rings (SSSR count). The molecule has 0 bridgehead atoms. The van der Waals surface area contributed by atoms with Crippen molar-refractivity contribution in [3.05, 3.63) is 52.9 Å². The van der Waals surface area contributed by atoms with Gasteiger partial charge in [0, 0.05) is 24.7 Å². The first kappa shape index (κ1) is 12.4. The van der Waals surface area contributed by atoms with Crippen molar-refractivity contribution in [1.82, 2.24) is 19.6 Å². The fraction of sp³-hybridized carbons (Fsp3) is 0.214. The first-order chi connectivity index (χ1) is 9.74. The molecule has 102 valence electrons. The van der Waals surface area contributed by atoms with E-state index in [0.29, 0.717) is 11.2 Å². The van der Waals surface area contributed by atoms with E-state index in [1.54, 1.807) is 10.7 Å². The summed E-state index contributed by atoms with van der Waals surface area (Å²) in [5.41, 5.74) is 6.38. The highest BCUT2D eigenvalue weighted by Crippen LogP contribution is 2.08. The maximum atomic E-state index is 11.7. The molecule has 0 aliphatic rings. The van der Waals surface area contributed by atoms with Crippen LogP contribution in [0.4, 0.5) is 5.82 Å². The lowest BCUT2D eigenvalue weighted by molar-refractivity contribution is 0.506. The number of benzene rings is 1. The Kier molecular flexibility index (Phi) is 3.20. The van der Waals surface area contributed by atoms with Gasteiger partial charge >= 0.3 is 0 Å². The number of nitrogen functional groups attached to an aromatic ring is 1. The smallest absolute Gasteiger partial charge is 0.207 e. The number of anilines is 1. The van der Waals surface area contributed by atoms with Crippen molar-refractivity contribution in [1.29, 1.82) is 0 Å². The predicted octanol–water partition coefficient (Wildman–Crippen LogP) is 1.27. The topological polar surface area (TPSA) is 78.7 Å². The average molecular weight is 269 g/mol. The summed E-state index contributed by atoms with van der Waals surface area (Å²) in [7, 11) is 0. The molecule has 2 heterocycles. The van der Waals surface area contributed by atoms with Crippen molar-refractivity contribution in [3.8, 4) is 0 Å². The van der Waals surface area contributed by atoms with E-state index >= 15 is 0 Å². The van der Waals surface area contributed by atoms with Gasteiger partial charge in [0.1, 0.15) is 5.82 Å². The van der Waals surface area contributed by atoms with Gasteiger partial charge in [-0.25, -0.2) is 0 Å². The molecule has 0 saturated carbocycles. The van der Waals surface area contributed by atoms with Crippen molar-refractivity contribution < 1.29 is 0 Å². The van der Waals surface area contributed by atoms with Crippen LogP contribution < -0.4 is 11.2 Å². The molecule has 0 radical (unpaired) electrons. The van der Waals surface area contributed by atoms with E-state index in [1.165, 1.54) is 6.20 Å². The van der Waals surface area contributed by atoms with Gasteiger partial charge in [-0.05, 0) is 24.6 Å². The zero-order valence-corrected chi connectivity index (χ0v) is 10.9. The minimum atomic E-state index is -0.0447. The van der Waals surface area contributed by atoms with Gasteiger partial charge < -0.3 is 5.73 Å². The molecular formula is C14H15N5O. The largest absolute Gasteiger partial charge is 0.382 e. The van der Waals surface area contributed by atoms with E-state index in [9.17, 15) is 4.79 Å². The molecule has 0 fully saturated rings. The molecule has 0 unspecified atom stereocenters. The summed E-state index contributed by atoms with van der Waals surface area (Å²) in [6.07, 6.45) is 4.08. The van der Waals surface area contributed by atoms with E-state index in [4.69, 9.17) is 5.73 Å². The molecule has 20 heavy (non-hydrogen) atoms. The highest BCUT2D eigenvalue weighted by Gasteiger charge is 2.03. The van der Waals surface area contributed by atoms with E-state index in [1.807, 2.05) is 35.1 Å². The highest BCUT2D eigenvalue weighted by molar-refractivity contribution is 5.77. The number of rotatable bonds is 4. The van der Waals surface area contributed by atoms with Crippen molar-refractivity contribution in [3.63, 3.8) is 0 Å². The van der Waals surface area contributed by atoms with Gasteiger partial charge in [-0.2, -0.15) is 10.2 Å². The number of fused-ring (bicyclic) bond motifs is 1. The average Bonchev–Trinajstić information content (AvgIpc) is 2.87. The van der Waals surface area contributed by atoms with Gasteiger partial charge in [-0.1, -0.05) is 12.1 Å². The zero-order valence-electron chi connectivity index (χ0n) is 10.9. The first-order valence-corrected chi connectivity index (χ1v) is 6.48. The Balaban J connectivity index is 1.78. The maximum absolute atomic E-state index is 11.7. The Labute approximate surface area is 115 Å². The fourth-order valence-corrected chi connectivity index (χ4v) is 2.22. The molecule has 0 amide bonds. The lowest BCUT2D eigenvalue weighted by Gasteiger charge is -2.09. The van der Waals surface area contributed by atoms with Crippen LogP contribution >= 0.6 is 0 Å². The van der Waals surface area contributed by atoms with E-state index < -0.39 is 0 Å². The zero-order chi connectivity index (χ0) is 13.9. The Morgan fingerprint density at radius 1 is 1.15 bits per heavy atom. The normalized spacial score (nSPS) is 11.0. The minimum absolute atomic E-state index is 0.0447. The van der Waals surface area contributed by atoms with Crippen molar-refractivity contribution in [2.24, 2.45) is 0 Å². The quantitative estimate of drug-likeness (QED) is 0.773. The molecule has 1 aromatic carbocycles. The Morgan fingerprint density at radius 2 is 2.00 bits per heavy atom. The third-order valence-corrected chi connectivity index (χ3v) is 3.18. The summed E-state index contributed by atoms with van der Waals surface area (Å²) >= 11 is 0. The molecule has 0 atom stereocenters. The first-order valence-electron chi connectivity index (χ1n) is 6.48. The van der Waals surface area contributed by atoms with Crippen LogP contribution in [-0.2, 0) is 13.1 Å². The number of aromatic nitrogens is 4. The summed E-state index contributed by atoms with van der Waals surface area (Å²) in [5, 5.41) is 9.03.